The van der Waals surface area contributed by atoms with Crippen molar-refractivity contribution < 1.29 is 13.7 Å². The van der Waals surface area contributed by atoms with E-state index in [0.717, 1.165) is 42.2 Å². The summed E-state index contributed by atoms with van der Waals surface area (Å²) in [6, 6.07) is 12.6. The zero-order chi connectivity index (χ0) is 22.9. The lowest BCUT2D eigenvalue weighted by molar-refractivity contribution is 0.0763. The first kappa shape index (κ1) is 21.7. The van der Waals surface area contributed by atoms with Crippen molar-refractivity contribution in [2.45, 2.75) is 26.8 Å². The summed E-state index contributed by atoms with van der Waals surface area (Å²) in [5.74, 6) is -0.247. The molecule has 0 aliphatic carbocycles. The molecule has 1 amide bonds. The van der Waals surface area contributed by atoms with Crippen molar-refractivity contribution in [2.24, 2.45) is 0 Å². The second-order valence-corrected chi connectivity index (χ2v) is 9.75. The van der Waals surface area contributed by atoms with E-state index in [-0.39, 0.29) is 11.7 Å². The monoisotopic (exact) mass is 464 g/mol. The van der Waals surface area contributed by atoms with Crippen LogP contribution in [0.15, 0.2) is 47.0 Å². The molecule has 33 heavy (non-hydrogen) atoms. The van der Waals surface area contributed by atoms with Crippen molar-refractivity contribution in [3.8, 4) is 10.6 Å². The Morgan fingerprint density at radius 1 is 1.09 bits per heavy atom. The topological polar surface area (TPSA) is 62.5 Å². The molecule has 1 saturated heterocycles. The van der Waals surface area contributed by atoms with E-state index >= 15 is 0 Å². The van der Waals surface area contributed by atoms with E-state index in [1.54, 1.807) is 11.3 Å². The standard InChI is InChI=1S/C25H25FN4O2S/c1-16-4-9-22(33-16)21-14-20(23-17(2)28-32-24(23)27-21)25(31)30-11-3-10-29(12-13-30)15-18-5-7-19(26)8-6-18/h4-9,14H,3,10-13,15H2,1-2H3. The maximum absolute atomic E-state index is 13.7. The van der Waals surface area contributed by atoms with Gasteiger partial charge in [-0.2, -0.15) is 0 Å². The number of thiophene rings is 1. The lowest BCUT2D eigenvalue weighted by Crippen LogP contribution is -2.35. The predicted octanol–water partition coefficient (Wildman–Crippen LogP) is 5.06. The van der Waals surface area contributed by atoms with Crippen molar-refractivity contribution >= 4 is 28.3 Å². The lowest BCUT2D eigenvalue weighted by atomic mass is 10.1. The minimum atomic E-state index is -0.226. The van der Waals surface area contributed by atoms with E-state index in [1.807, 2.05) is 49.1 Å². The molecule has 6 nitrogen and oxygen atoms in total. The van der Waals surface area contributed by atoms with Gasteiger partial charge in [0.15, 0.2) is 0 Å². The maximum Gasteiger partial charge on any atom is 0.259 e. The molecule has 0 saturated carbocycles. The summed E-state index contributed by atoms with van der Waals surface area (Å²) >= 11 is 1.64. The molecule has 170 valence electrons. The average Bonchev–Trinajstić information content (AvgIpc) is 3.33. The van der Waals surface area contributed by atoms with Crippen LogP contribution < -0.4 is 0 Å². The van der Waals surface area contributed by atoms with Gasteiger partial charge in [-0.25, -0.2) is 9.37 Å². The van der Waals surface area contributed by atoms with Gasteiger partial charge in [0.05, 0.1) is 27.2 Å². The molecule has 0 bridgehead atoms. The van der Waals surface area contributed by atoms with Crippen LogP contribution in [0.2, 0.25) is 0 Å². The van der Waals surface area contributed by atoms with Crippen LogP contribution in [0.5, 0.6) is 0 Å². The number of benzene rings is 1. The zero-order valence-electron chi connectivity index (χ0n) is 18.7. The average molecular weight is 465 g/mol. The minimum Gasteiger partial charge on any atom is -0.337 e. The highest BCUT2D eigenvalue weighted by atomic mass is 32.1. The van der Waals surface area contributed by atoms with Crippen molar-refractivity contribution in [1.82, 2.24) is 19.9 Å². The largest absolute Gasteiger partial charge is 0.337 e. The molecule has 8 heteroatoms. The Labute approximate surface area is 195 Å². The van der Waals surface area contributed by atoms with Crippen LogP contribution in [0, 0.1) is 19.7 Å². The first-order chi connectivity index (χ1) is 16.0. The minimum absolute atomic E-state index is 0.0214. The van der Waals surface area contributed by atoms with E-state index < -0.39 is 0 Å². The molecule has 4 heterocycles. The van der Waals surface area contributed by atoms with Crippen LogP contribution in [-0.4, -0.2) is 52.0 Å². The van der Waals surface area contributed by atoms with Gasteiger partial charge in [0.25, 0.3) is 11.6 Å². The summed E-state index contributed by atoms with van der Waals surface area (Å²) < 4.78 is 18.7. The van der Waals surface area contributed by atoms with Gasteiger partial charge < -0.3 is 9.42 Å². The number of hydrogen-bond donors (Lipinski definition) is 0. The molecule has 0 spiro atoms. The van der Waals surface area contributed by atoms with E-state index in [0.29, 0.717) is 35.4 Å². The van der Waals surface area contributed by atoms with Crippen molar-refractivity contribution in [3.05, 3.63) is 70.0 Å². The number of rotatable bonds is 4. The third-order valence-electron chi connectivity index (χ3n) is 6.04. The molecular formula is C25H25FN4O2S. The van der Waals surface area contributed by atoms with Gasteiger partial charge in [-0.1, -0.05) is 17.3 Å². The van der Waals surface area contributed by atoms with Gasteiger partial charge in [0.1, 0.15) is 5.82 Å². The molecule has 0 N–H and O–H groups in total. The Bertz CT molecular complexity index is 1300. The van der Waals surface area contributed by atoms with E-state index in [9.17, 15) is 9.18 Å². The fourth-order valence-corrected chi connectivity index (χ4v) is 5.14. The molecule has 4 aromatic rings. The van der Waals surface area contributed by atoms with Crippen LogP contribution in [0.1, 0.15) is 32.9 Å². The van der Waals surface area contributed by atoms with E-state index in [4.69, 9.17) is 4.52 Å². The fourth-order valence-electron chi connectivity index (χ4n) is 4.31. The summed E-state index contributed by atoms with van der Waals surface area (Å²) in [4.78, 5) is 24.7. The van der Waals surface area contributed by atoms with Crippen molar-refractivity contribution in [1.29, 1.82) is 0 Å². The number of carbonyl (C=O) groups is 1. The lowest BCUT2D eigenvalue weighted by Gasteiger charge is -2.22. The number of carbonyl (C=O) groups excluding carboxylic acids is 1. The molecule has 0 atom stereocenters. The number of aryl methyl sites for hydroxylation is 2. The number of aromatic nitrogens is 2. The molecule has 5 rings (SSSR count). The van der Waals surface area contributed by atoms with Crippen molar-refractivity contribution in [2.75, 3.05) is 26.2 Å². The third kappa shape index (κ3) is 4.54. The predicted molar refractivity (Wildman–Crippen MR) is 127 cm³/mol. The molecule has 0 radical (unpaired) electrons. The highest BCUT2D eigenvalue weighted by Crippen LogP contribution is 2.31. The SMILES string of the molecule is Cc1ccc(-c2cc(C(=O)N3CCCN(Cc4ccc(F)cc4)CC3)c3c(C)noc3n2)s1. The first-order valence-electron chi connectivity index (χ1n) is 11.1. The fraction of sp³-hybridized carbons (Fsp3) is 0.320. The zero-order valence-corrected chi connectivity index (χ0v) is 19.5. The summed E-state index contributed by atoms with van der Waals surface area (Å²) in [6.07, 6.45) is 0.876. The number of halogens is 1. The Morgan fingerprint density at radius 3 is 2.67 bits per heavy atom. The normalized spacial score (nSPS) is 15.2. The first-order valence-corrected chi connectivity index (χ1v) is 11.9. The van der Waals surface area contributed by atoms with Gasteiger partial charge in [0.2, 0.25) is 0 Å². The van der Waals surface area contributed by atoms with E-state index in [2.05, 4.69) is 15.0 Å². The number of amides is 1. The van der Waals surface area contributed by atoms with E-state index in [1.165, 1.54) is 17.0 Å². The molecule has 1 aromatic carbocycles. The van der Waals surface area contributed by atoms with Crippen LogP contribution in [0.3, 0.4) is 0 Å². The smallest absolute Gasteiger partial charge is 0.259 e. The number of hydrogen-bond acceptors (Lipinski definition) is 6. The van der Waals surface area contributed by atoms with Gasteiger partial charge in [-0.05, 0) is 56.2 Å². The third-order valence-corrected chi connectivity index (χ3v) is 7.06. The number of pyridine rings is 1. The number of nitrogens with zero attached hydrogens (tertiary/aromatic N) is 4. The van der Waals surface area contributed by atoms with Gasteiger partial charge in [-0.3, -0.25) is 9.69 Å². The molecular weight excluding hydrogens is 439 g/mol. The van der Waals surface area contributed by atoms with Gasteiger partial charge >= 0.3 is 0 Å². The Balaban J connectivity index is 1.39. The Kier molecular flexibility index (Phi) is 5.95. The van der Waals surface area contributed by atoms with Crippen LogP contribution in [0.25, 0.3) is 21.7 Å². The summed E-state index contributed by atoms with van der Waals surface area (Å²) in [5.41, 5.74) is 3.46. The van der Waals surface area contributed by atoms with Crippen LogP contribution >= 0.6 is 11.3 Å². The highest BCUT2D eigenvalue weighted by molar-refractivity contribution is 7.15. The number of fused-ring (bicyclic) bond motifs is 1. The molecule has 1 aliphatic heterocycles. The second kappa shape index (κ2) is 9.03. The molecule has 1 aliphatic rings. The summed E-state index contributed by atoms with van der Waals surface area (Å²) in [7, 11) is 0. The highest BCUT2D eigenvalue weighted by Gasteiger charge is 2.25. The van der Waals surface area contributed by atoms with Crippen LogP contribution in [-0.2, 0) is 6.54 Å². The Hall–Kier alpha value is -3.10. The summed E-state index contributed by atoms with van der Waals surface area (Å²) in [6.45, 7) is 7.59. The summed E-state index contributed by atoms with van der Waals surface area (Å²) in [5, 5.41) is 4.75. The van der Waals surface area contributed by atoms with Crippen LogP contribution in [0.4, 0.5) is 4.39 Å². The Morgan fingerprint density at radius 2 is 1.91 bits per heavy atom. The molecule has 0 unspecified atom stereocenters. The maximum atomic E-state index is 13.7. The quantitative estimate of drug-likeness (QED) is 0.423. The van der Waals surface area contributed by atoms with Crippen molar-refractivity contribution in [3.63, 3.8) is 0 Å². The van der Waals surface area contributed by atoms with Gasteiger partial charge in [0, 0.05) is 37.6 Å². The second-order valence-electron chi connectivity index (χ2n) is 8.46. The molecule has 3 aromatic heterocycles. The molecule has 1 fully saturated rings. The van der Waals surface area contributed by atoms with Gasteiger partial charge in [-0.15, -0.1) is 11.3 Å².